The van der Waals surface area contributed by atoms with Gasteiger partial charge in [0.2, 0.25) is 0 Å². The Bertz CT molecular complexity index is 177. The molecule has 84 valence electrons. The van der Waals surface area contributed by atoms with Crippen LogP contribution in [0.3, 0.4) is 0 Å². The Morgan fingerprint density at radius 3 is 2.36 bits per heavy atom. The molecule has 2 N–H and O–H groups in total. The van der Waals surface area contributed by atoms with Crippen LogP contribution in [0.2, 0.25) is 0 Å². The normalized spacial score (nSPS) is 28.7. The number of likely N-dealkylation sites (N-methyl/N-ethyl adjacent to an activating group) is 1. The van der Waals surface area contributed by atoms with E-state index in [1.807, 2.05) is 13.8 Å². The van der Waals surface area contributed by atoms with Crippen LogP contribution in [0.4, 0.5) is 0 Å². The molecular weight excluding hydrogens is 178 g/mol. The minimum atomic E-state index is -0.668. The number of rotatable bonds is 4. The Kier molecular flexibility index (Phi) is 3.93. The van der Waals surface area contributed by atoms with Gasteiger partial charge in [-0.15, -0.1) is 0 Å². The molecular formula is C11H23NO2. The van der Waals surface area contributed by atoms with E-state index in [0.29, 0.717) is 6.54 Å². The van der Waals surface area contributed by atoms with E-state index in [-0.39, 0.29) is 12.1 Å². The fraction of sp³-hybridized carbons (Fsp3) is 1.00. The van der Waals surface area contributed by atoms with Crippen LogP contribution in [0.15, 0.2) is 0 Å². The summed E-state index contributed by atoms with van der Waals surface area (Å²) in [6.45, 7) is 7.25. The number of hydrogen-bond acceptors (Lipinski definition) is 3. The van der Waals surface area contributed by atoms with E-state index in [0.717, 1.165) is 25.8 Å². The first-order valence-corrected chi connectivity index (χ1v) is 5.58. The van der Waals surface area contributed by atoms with E-state index in [4.69, 9.17) is 0 Å². The van der Waals surface area contributed by atoms with Crippen LogP contribution in [0.25, 0.3) is 0 Å². The summed E-state index contributed by atoms with van der Waals surface area (Å²) in [6, 6.07) is 0.256. The van der Waals surface area contributed by atoms with Gasteiger partial charge in [0.15, 0.2) is 0 Å². The van der Waals surface area contributed by atoms with Crippen molar-refractivity contribution in [3.05, 3.63) is 0 Å². The molecule has 0 aromatic rings. The molecule has 0 saturated heterocycles. The second kappa shape index (κ2) is 4.60. The van der Waals surface area contributed by atoms with Crippen LogP contribution in [-0.4, -0.2) is 45.9 Å². The molecule has 0 spiro atoms. The van der Waals surface area contributed by atoms with Crippen molar-refractivity contribution in [2.45, 2.75) is 57.8 Å². The maximum Gasteiger partial charge on any atom is 0.0718 e. The molecule has 1 saturated carbocycles. The largest absolute Gasteiger partial charge is 0.391 e. The average molecular weight is 201 g/mol. The summed E-state index contributed by atoms with van der Waals surface area (Å²) in [7, 11) is 0. The molecule has 2 unspecified atom stereocenters. The van der Waals surface area contributed by atoms with Crippen molar-refractivity contribution in [3.8, 4) is 0 Å². The summed E-state index contributed by atoms with van der Waals surface area (Å²) in [5.41, 5.74) is -0.668. The third-order valence-electron chi connectivity index (χ3n) is 2.91. The third kappa shape index (κ3) is 3.23. The highest BCUT2D eigenvalue weighted by molar-refractivity contribution is 4.87. The van der Waals surface area contributed by atoms with Gasteiger partial charge < -0.3 is 10.2 Å². The van der Waals surface area contributed by atoms with E-state index in [9.17, 15) is 10.2 Å². The van der Waals surface area contributed by atoms with Crippen molar-refractivity contribution in [1.29, 1.82) is 0 Å². The highest BCUT2D eigenvalue weighted by atomic mass is 16.3. The van der Waals surface area contributed by atoms with Crippen molar-refractivity contribution in [2.75, 3.05) is 13.1 Å². The zero-order chi connectivity index (χ0) is 10.8. The smallest absolute Gasteiger partial charge is 0.0718 e. The maximum atomic E-state index is 9.76. The van der Waals surface area contributed by atoms with E-state index >= 15 is 0 Å². The van der Waals surface area contributed by atoms with E-state index in [2.05, 4.69) is 11.8 Å². The fourth-order valence-corrected chi connectivity index (χ4v) is 2.31. The number of aliphatic hydroxyl groups excluding tert-OH is 1. The Labute approximate surface area is 86.7 Å². The SMILES string of the molecule is CCN(CC(C)(C)O)C1CCCC1O. The Hall–Kier alpha value is -0.120. The molecule has 1 rings (SSSR count). The second-order valence-electron chi connectivity index (χ2n) is 4.94. The third-order valence-corrected chi connectivity index (χ3v) is 2.91. The summed E-state index contributed by atoms with van der Waals surface area (Å²) < 4.78 is 0. The number of hydrogen-bond donors (Lipinski definition) is 2. The van der Waals surface area contributed by atoms with Gasteiger partial charge in [-0.25, -0.2) is 0 Å². The summed E-state index contributed by atoms with van der Waals surface area (Å²) in [5.74, 6) is 0. The topological polar surface area (TPSA) is 43.7 Å². The molecule has 2 atom stereocenters. The Balaban J connectivity index is 2.53. The summed E-state index contributed by atoms with van der Waals surface area (Å²) in [4.78, 5) is 2.19. The molecule has 0 heterocycles. The number of aliphatic hydroxyl groups is 2. The lowest BCUT2D eigenvalue weighted by Crippen LogP contribution is -2.47. The van der Waals surface area contributed by atoms with Crippen LogP contribution in [0.1, 0.15) is 40.0 Å². The van der Waals surface area contributed by atoms with Crippen molar-refractivity contribution in [2.24, 2.45) is 0 Å². The molecule has 1 fully saturated rings. The van der Waals surface area contributed by atoms with E-state index in [1.54, 1.807) is 0 Å². The summed E-state index contributed by atoms with van der Waals surface area (Å²) in [5, 5.41) is 19.5. The van der Waals surface area contributed by atoms with Gasteiger partial charge in [-0.3, -0.25) is 4.90 Å². The van der Waals surface area contributed by atoms with Gasteiger partial charge in [0.05, 0.1) is 11.7 Å². The summed E-state index contributed by atoms with van der Waals surface area (Å²) in [6.07, 6.45) is 2.88. The maximum absolute atomic E-state index is 9.76. The monoisotopic (exact) mass is 201 g/mol. The molecule has 0 aromatic carbocycles. The van der Waals surface area contributed by atoms with Crippen molar-refractivity contribution in [1.82, 2.24) is 4.90 Å². The predicted octanol–water partition coefficient (Wildman–Crippen LogP) is 0.993. The standard InChI is InChI=1S/C11H23NO2/c1-4-12(8-11(2,3)14)9-6-5-7-10(9)13/h9-10,13-14H,4-8H2,1-3H3. The van der Waals surface area contributed by atoms with Crippen LogP contribution < -0.4 is 0 Å². The molecule has 3 nitrogen and oxygen atoms in total. The molecule has 1 aliphatic carbocycles. The predicted molar refractivity (Wildman–Crippen MR) is 57.2 cm³/mol. The molecule has 0 aliphatic heterocycles. The van der Waals surface area contributed by atoms with Crippen molar-refractivity contribution < 1.29 is 10.2 Å². The molecule has 0 aromatic heterocycles. The molecule has 1 aliphatic rings. The van der Waals surface area contributed by atoms with Gasteiger partial charge in [-0.1, -0.05) is 6.92 Å². The zero-order valence-corrected chi connectivity index (χ0v) is 9.53. The highest BCUT2D eigenvalue weighted by Crippen LogP contribution is 2.25. The van der Waals surface area contributed by atoms with Crippen molar-refractivity contribution in [3.63, 3.8) is 0 Å². The lowest BCUT2D eigenvalue weighted by molar-refractivity contribution is -0.00140. The first-order valence-electron chi connectivity index (χ1n) is 5.58. The van der Waals surface area contributed by atoms with Crippen LogP contribution >= 0.6 is 0 Å². The molecule has 0 amide bonds. The van der Waals surface area contributed by atoms with Gasteiger partial charge in [0, 0.05) is 12.6 Å². The minimum absolute atomic E-state index is 0.197. The molecule has 0 radical (unpaired) electrons. The van der Waals surface area contributed by atoms with Crippen LogP contribution in [-0.2, 0) is 0 Å². The Morgan fingerprint density at radius 1 is 1.36 bits per heavy atom. The first kappa shape index (κ1) is 12.0. The van der Waals surface area contributed by atoms with Crippen LogP contribution in [0, 0.1) is 0 Å². The first-order chi connectivity index (χ1) is 6.44. The lowest BCUT2D eigenvalue weighted by atomic mass is 10.1. The lowest BCUT2D eigenvalue weighted by Gasteiger charge is -2.34. The van der Waals surface area contributed by atoms with Gasteiger partial charge in [-0.05, 0) is 39.7 Å². The Morgan fingerprint density at radius 2 is 2.00 bits per heavy atom. The van der Waals surface area contributed by atoms with E-state index in [1.165, 1.54) is 0 Å². The zero-order valence-electron chi connectivity index (χ0n) is 9.53. The van der Waals surface area contributed by atoms with E-state index < -0.39 is 5.60 Å². The summed E-state index contributed by atoms with van der Waals surface area (Å²) >= 11 is 0. The van der Waals surface area contributed by atoms with Gasteiger partial charge in [-0.2, -0.15) is 0 Å². The highest BCUT2D eigenvalue weighted by Gasteiger charge is 2.32. The molecule has 0 bridgehead atoms. The minimum Gasteiger partial charge on any atom is -0.391 e. The van der Waals surface area contributed by atoms with Crippen molar-refractivity contribution >= 4 is 0 Å². The van der Waals surface area contributed by atoms with Gasteiger partial charge >= 0.3 is 0 Å². The number of nitrogens with zero attached hydrogens (tertiary/aromatic N) is 1. The second-order valence-corrected chi connectivity index (χ2v) is 4.94. The van der Waals surface area contributed by atoms with Gasteiger partial charge in [0.1, 0.15) is 0 Å². The average Bonchev–Trinajstić information content (AvgIpc) is 2.45. The molecule has 3 heteroatoms. The fourth-order valence-electron chi connectivity index (χ4n) is 2.31. The molecule has 14 heavy (non-hydrogen) atoms. The quantitative estimate of drug-likeness (QED) is 0.713. The van der Waals surface area contributed by atoms with Gasteiger partial charge in [0.25, 0.3) is 0 Å². The van der Waals surface area contributed by atoms with Crippen LogP contribution in [0.5, 0.6) is 0 Å².